The third-order valence-corrected chi connectivity index (χ3v) is 3.85. The standard InChI is InChI=1S/C12H11BrIN3/c13-11-4-3-9(14)6-10(11)12(17-15)8-2-1-5-16-7-8/h1-7,12,17H,15H2. The molecule has 0 radical (unpaired) electrons. The van der Waals surface area contributed by atoms with Gasteiger partial charge in [0.1, 0.15) is 0 Å². The summed E-state index contributed by atoms with van der Waals surface area (Å²) in [6, 6.07) is 10.0. The molecule has 17 heavy (non-hydrogen) atoms. The Morgan fingerprint density at radius 2 is 2.18 bits per heavy atom. The number of hydrogen-bond donors (Lipinski definition) is 2. The van der Waals surface area contributed by atoms with Crippen LogP contribution >= 0.6 is 38.5 Å². The first-order chi connectivity index (χ1) is 8.22. The predicted molar refractivity (Wildman–Crippen MR) is 80.3 cm³/mol. The highest BCUT2D eigenvalue weighted by atomic mass is 127. The summed E-state index contributed by atoms with van der Waals surface area (Å²) < 4.78 is 2.20. The van der Waals surface area contributed by atoms with Crippen LogP contribution in [0.3, 0.4) is 0 Å². The zero-order valence-corrected chi connectivity index (χ0v) is 12.6. The first-order valence-corrected chi connectivity index (χ1v) is 6.90. The van der Waals surface area contributed by atoms with E-state index in [1.807, 2.05) is 30.5 Å². The van der Waals surface area contributed by atoms with E-state index >= 15 is 0 Å². The smallest absolute Gasteiger partial charge is 0.0736 e. The molecule has 3 N–H and O–H groups in total. The lowest BCUT2D eigenvalue weighted by molar-refractivity contribution is 0.632. The average molecular weight is 404 g/mol. The number of nitrogens with one attached hydrogen (secondary N) is 1. The van der Waals surface area contributed by atoms with Gasteiger partial charge < -0.3 is 0 Å². The molecule has 1 heterocycles. The minimum atomic E-state index is -0.0622. The Kier molecular flexibility index (Phi) is 4.49. The molecule has 0 saturated heterocycles. The van der Waals surface area contributed by atoms with Gasteiger partial charge in [-0.3, -0.25) is 10.8 Å². The summed E-state index contributed by atoms with van der Waals surface area (Å²) in [6.07, 6.45) is 3.57. The van der Waals surface area contributed by atoms with Gasteiger partial charge >= 0.3 is 0 Å². The summed E-state index contributed by atoms with van der Waals surface area (Å²) in [6.45, 7) is 0. The Morgan fingerprint density at radius 1 is 1.35 bits per heavy atom. The molecule has 1 aromatic heterocycles. The van der Waals surface area contributed by atoms with Crippen LogP contribution in [-0.2, 0) is 0 Å². The molecule has 2 aromatic rings. The summed E-state index contributed by atoms with van der Waals surface area (Å²) >= 11 is 5.84. The number of hydrogen-bond acceptors (Lipinski definition) is 3. The molecule has 1 atom stereocenters. The molecule has 88 valence electrons. The fourth-order valence-electron chi connectivity index (χ4n) is 1.65. The van der Waals surface area contributed by atoms with Crippen LogP contribution in [0.2, 0.25) is 0 Å². The van der Waals surface area contributed by atoms with E-state index in [1.54, 1.807) is 6.20 Å². The maximum atomic E-state index is 5.65. The van der Waals surface area contributed by atoms with Gasteiger partial charge in [-0.25, -0.2) is 5.43 Å². The van der Waals surface area contributed by atoms with Gasteiger partial charge in [-0.05, 0) is 58.0 Å². The number of benzene rings is 1. The van der Waals surface area contributed by atoms with Crippen LogP contribution in [0, 0.1) is 3.57 Å². The fraction of sp³-hybridized carbons (Fsp3) is 0.0833. The number of nitrogens with zero attached hydrogens (tertiary/aromatic N) is 1. The first kappa shape index (κ1) is 12.9. The second kappa shape index (κ2) is 5.90. The second-order valence-corrected chi connectivity index (χ2v) is 5.65. The molecule has 0 spiro atoms. The Bertz CT molecular complexity index is 504. The van der Waals surface area contributed by atoms with Crippen molar-refractivity contribution in [2.24, 2.45) is 5.84 Å². The zero-order valence-electron chi connectivity index (χ0n) is 8.90. The van der Waals surface area contributed by atoms with Gasteiger partial charge in [-0.1, -0.05) is 22.0 Å². The van der Waals surface area contributed by atoms with Crippen LogP contribution in [0.15, 0.2) is 47.2 Å². The van der Waals surface area contributed by atoms with Crippen molar-refractivity contribution in [3.8, 4) is 0 Å². The minimum absolute atomic E-state index is 0.0622. The minimum Gasteiger partial charge on any atom is -0.271 e. The predicted octanol–water partition coefficient (Wildman–Crippen LogP) is 3.00. The SMILES string of the molecule is NNC(c1cccnc1)c1cc(I)ccc1Br. The second-order valence-electron chi connectivity index (χ2n) is 3.55. The number of halogens is 2. The largest absolute Gasteiger partial charge is 0.271 e. The summed E-state index contributed by atoms with van der Waals surface area (Å²) in [7, 11) is 0. The molecule has 0 aliphatic rings. The Hall–Kier alpha value is -0.500. The van der Waals surface area contributed by atoms with E-state index in [0.717, 1.165) is 15.6 Å². The van der Waals surface area contributed by atoms with Crippen LogP contribution in [-0.4, -0.2) is 4.98 Å². The maximum Gasteiger partial charge on any atom is 0.0736 e. The summed E-state index contributed by atoms with van der Waals surface area (Å²) in [5, 5.41) is 0. The van der Waals surface area contributed by atoms with E-state index < -0.39 is 0 Å². The molecule has 0 aliphatic heterocycles. The van der Waals surface area contributed by atoms with Crippen molar-refractivity contribution in [2.45, 2.75) is 6.04 Å². The van der Waals surface area contributed by atoms with Crippen molar-refractivity contribution in [1.29, 1.82) is 0 Å². The molecule has 0 saturated carbocycles. The monoisotopic (exact) mass is 403 g/mol. The molecule has 1 unspecified atom stereocenters. The van der Waals surface area contributed by atoms with Gasteiger partial charge in [0.25, 0.3) is 0 Å². The van der Waals surface area contributed by atoms with E-state index in [1.165, 1.54) is 3.57 Å². The highest BCUT2D eigenvalue weighted by Gasteiger charge is 2.15. The van der Waals surface area contributed by atoms with Gasteiger partial charge in [0.15, 0.2) is 0 Å². The summed E-state index contributed by atoms with van der Waals surface area (Å²) in [4.78, 5) is 4.12. The van der Waals surface area contributed by atoms with E-state index in [9.17, 15) is 0 Å². The Balaban J connectivity index is 2.46. The first-order valence-electron chi connectivity index (χ1n) is 5.03. The Morgan fingerprint density at radius 3 is 2.82 bits per heavy atom. The molecule has 0 bridgehead atoms. The molecular weight excluding hydrogens is 393 g/mol. The maximum absolute atomic E-state index is 5.65. The van der Waals surface area contributed by atoms with Crippen LogP contribution in [0.4, 0.5) is 0 Å². The van der Waals surface area contributed by atoms with Crippen LogP contribution < -0.4 is 11.3 Å². The fourth-order valence-corrected chi connectivity index (χ4v) is 2.64. The summed E-state index contributed by atoms with van der Waals surface area (Å²) in [5.41, 5.74) is 4.97. The van der Waals surface area contributed by atoms with Gasteiger partial charge in [0.05, 0.1) is 6.04 Å². The normalized spacial score (nSPS) is 12.4. The number of rotatable bonds is 3. The molecule has 2 rings (SSSR count). The van der Waals surface area contributed by atoms with Gasteiger partial charge in [-0.15, -0.1) is 0 Å². The molecule has 3 nitrogen and oxygen atoms in total. The van der Waals surface area contributed by atoms with Crippen molar-refractivity contribution in [3.63, 3.8) is 0 Å². The lowest BCUT2D eigenvalue weighted by Crippen LogP contribution is -2.29. The Labute approximate surface area is 122 Å². The number of hydrazine groups is 1. The molecule has 0 aliphatic carbocycles. The number of nitrogens with two attached hydrogens (primary N) is 1. The van der Waals surface area contributed by atoms with E-state index in [0.29, 0.717) is 0 Å². The average Bonchev–Trinajstić information content (AvgIpc) is 2.36. The zero-order chi connectivity index (χ0) is 12.3. The van der Waals surface area contributed by atoms with Crippen molar-refractivity contribution in [1.82, 2.24) is 10.4 Å². The van der Waals surface area contributed by atoms with Crippen molar-refractivity contribution < 1.29 is 0 Å². The van der Waals surface area contributed by atoms with Crippen molar-refractivity contribution >= 4 is 38.5 Å². The third-order valence-electron chi connectivity index (χ3n) is 2.45. The molecule has 5 heteroatoms. The van der Waals surface area contributed by atoms with E-state index in [4.69, 9.17) is 5.84 Å². The van der Waals surface area contributed by atoms with Crippen LogP contribution in [0.25, 0.3) is 0 Å². The topological polar surface area (TPSA) is 50.9 Å². The van der Waals surface area contributed by atoms with E-state index in [-0.39, 0.29) is 6.04 Å². The van der Waals surface area contributed by atoms with E-state index in [2.05, 4.69) is 55.0 Å². The molecule has 1 aromatic carbocycles. The lowest BCUT2D eigenvalue weighted by Gasteiger charge is -2.18. The highest BCUT2D eigenvalue weighted by molar-refractivity contribution is 14.1. The van der Waals surface area contributed by atoms with Gasteiger partial charge in [0.2, 0.25) is 0 Å². The van der Waals surface area contributed by atoms with Gasteiger partial charge in [-0.2, -0.15) is 0 Å². The van der Waals surface area contributed by atoms with Crippen LogP contribution in [0.1, 0.15) is 17.2 Å². The number of pyridine rings is 1. The number of aromatic nitrogens is 1. The van der Waals surface area contributed by atoms with Crippen LogP contribution in [0.5, 0.6) is 0 Å². The molecule has 0 fully saturated rings. The third kappa shape index (κ3) is 3.04. The van der Waals surface area contributed by atoms with Gasteiger partial charge in [0, 0.05) is 20.4 Å². The molecule has 0 amide bonds. The highest BCUT2D eigenvalue weighted by Crippen LogP contribution is 2.29. The molecular formula is C12H11BrIN3. The van der Waals surface area contributed by atoms with Crippen molar-refractivity contribution in [2.75, 3.05) is 0 Å². The summed E-state index contributed by atoms with van der Waals surface area (Å²) in [5.74, 6) is 5.65. The quantitative estimate of drug-likeness (QED) is 0.470. The lowest BCUT2D eigenvalue weighted by atomic mass is 10.0. The van der Waals surface area contributed by atoms with Crippen molar-refractivity contribution in [3.05, 3.63) is 61.9 Å².